The second kappa shape index (κ2) is 4.51. The largest absolute Gasteiger partial charge is 0.393 e. The fourth-order valence-electron chi connectivity index (χ4n) is 3.11. The summed E-state index contributed by atoms with van der Waals surface area (Å²) in [7, 11) is -2.06. The molecule has 106 valence electrons. The van der Waals surface area contributed by atoms with Crippen molar-refractivity contribution in [2.24, 2.45) is 18.9 Å². The molecule has 1 aromatic heterocycles. The van der Waals surface area contributed by atoms with Crippen LogP contribution < -0.4 is 0 Å². The smallest absolute Gasteiger partial charge is 0.263 e. The second-order valence-electron chi connectivity index (χ2n) is 5.20. The molecule has 0 radical (unpaired) electrons. The van der Waals surface area contributed by atoms with Crippen LogP contribution in [0.1, 0.15) is 12.8 Å². The maximum absolute atomic E-state index is 12.6. The molecular weight excluding hydrogens is 336 g/mol. The van der Waals surface area contributed by atoms with Crippen molar-refractivity contribution in [3.05, 3.63) is 4.60 Å². The summed E-state index contributed by atoms with van der Waals surface area (Å²) >= 11 is 3.12. The molecule has 1 saturated carbocycles. The molecule has 3 atom stereocenters. The van der Waals surface area contributed by atoms with Gasteiger partial charge >= 0.3 is 0 Å². The van der Waals surface area contributed by atoms with Gasteiger partial charge in [-0.05, 0) is 34.7 Å². The van der Waals surface area contributed by atoms with Gasteiger partial charge in [-0.1, -0.05) is 5.21 Å². The molecule has 0 spiro atoms. The van der Waals surface area contributed by atoms with Gasteiger partial charge in [-0.25, -0.2) is 13.1 Å². The Morgan fingerprint density at radius 2 is 2.11 bits per heavy atom. The van der Waals surface area contributed by atoms with Crippen LogP contribution in [0.15, 0.2) is 9.63 Å². The zero-order chi connectivity index (χ0) is 13.8. The first-order valence-corrected chi connectivity index (χ1v) is 8.38. The van der Waals surface area contributed by atoms with Crippen molar-refractivity contribution >= 4 is 26.0 Å². The molecule has 1 N–H and O–H groups in total. The van der Waals surface area contributed by atoms with Gasteiger partial charge in [0, 0.05) is 26.1 Å². The average molecular weight is 351 g/mol. The van der Waals surface area contributed by atoms with Gasteiger partial charge in [-0.3, -0.25) is 0 Å². The zero-order valence-corrected chi connectivity index (χ0v) is 12.8. The van der Waals surface area contributed by atoms with Crippen LogP contribution in [-0.4, -0.2) is 52.0 Å². The minimum absolute atomic E-state index is 0.0646. The average Bonchev–Trinajstić information content (AvgIpc) is 2.97. The highest BCUT2D eigenvalue weighted by atomic mass is 79.9. The summed E-state index contributed by atoms with van der Waals surface area (Å²) in [4.78, 5) is 0. The van der Waals surface area contributed by atoms with Gasteiger partial charge < -0.3 is 5.11 Å². The van der Waals surface area contributed by atoms with Crippen molar-refractivity contribution in [1.82, 2.24) is 19.3 Å². The first-order valence-electron chi connectivity index (χ1n) is 6.14. The van der Waals surface area contributed by atoms with Crippen molar-refractivity contribution in [2.75, 3.05) is 13.1 Å². The Labute approximate surface area is 119 Å². The Bertz CT molecular complexity index is 582. The lowest BCUT2D eigenvalue weighted by Gasteiger charge is -2.18. The normalized spacial score (nSPS) is 31.8. The van der Waals surface area contributed by atoms with E-state index in [1.165, 1.54) is 8.99 Å². The molecular formula is C10H15BrN4O3S. The molecule has 0 aromatic carbocycles. The number of aliphatic hydroxyl groups excluding tert-OH is 1. The molecule has 1 aliphatic carbocycles. The van der Waals surface area contributed by atoms with Crippen LogP contribution in [0.25, 0.3) is 0 Å². The molecule has 2 aliphatic rings. The molecule has 0 amide bonds. The Hall–Kier alpha value is -0.510. The summed E-state index contributed by atoms with van der Waals surface area (Å²) < 4.78 is 28.1. The van der Waals surface area contributed by atoms with Crippen molar-refractivity contribution in [3.63, 3.8) is 0 Å². The minimum atomic E-state index is -3.61. The van der Waals surface area contributed by atoms with Crippen LogP contribution in [0.4, 0.5) is 0 Å². The number of fused-ring (bicyclic) bond motifs is 1. The Morgan fingerprint density at radius 1 is 1.37 bits per heavy atom. The summed E-state index contributed by atoms with van der Waals surface area (Å²) in [6.07, 6.45) is 1.29. The van der Waals surface area contributed by atoms with E-state index < -0.39 is 10.0 Å². The standard InChI is InChI=1S/C10H15BrN4O3S/c1-14-10(9(11)12-13-14)19(17,18)15-4-6-2-3-8(16)7(6)5-15/h6-8,16H,2-5H2,1H3. The summed E-state index contributed by atoms with van der Waals surface area (Å²) in [5, 5.41) is 17.4. The number of halogens is 1. The number of hydrogen-bond acceptors (Lipinski definition) is 5. The second-order valence-corrected chi connectivity index (χ2v) is 7.80. The number of rotatable bonds is 2. The first-order chi connectivity index (χ1) is 8.91. The number of aryl methyl sites for hydroxylation is 1. The van der Waals surface area contributed by atoms with Crippen molar-refractivity contribution < 1.29 is 13.5 Å². The number of aromatic nitrogens is 3. The molecule has 3 rings (SSSR count). The van der Waals surface area contributed by atoms with E-state index in [-0.39, 0.29) is 27.6 Å². The maximum Gasteiger partial charge on any atom is 0.263 e. The molecule has 19 heavy (non-hydrogen) atoms. The van der Waals surface area contributed by atoms with E-state index >= 15 is 0 Å². The molecule has 1 aromatic rings. The number of hydrogen-bond donors (Lipinski definition) is 1. The SMILES string of the molecule is Cn1nnc(Br)c1S(=O)(=O)N1CC2CCC(O)C2C1. The lowest BCUT2D eigenvalue weighted by Crippen LogP contribution is -2.32. The van der Waals surface area contributed by atoms with E-state index in [1.807, 2.05) is 0 Å². The van der Waals surface area contributed by atoms with Gasteiger partial charge in [-0.15, -0.1) is 5.10 Å². The van der Waals surface area contributed by atoms with Crippen molar-refractivity contribution in [3.8, 4) is 0 Å². The molecule has 9 heteroatoms. The van der Waals surface area contributed by atoms with E-state index in [0.717, 1.165) is 12.8 Å². The summed E-state index contributed by atoms with van der Waals surface area (Å²) in [6, 6.07) is 0. The van der Waals surface area contributed by atoms with Gasteiger partial charge in [0.05, 0.1) is 6.10 Å². The van der Waals surface area contributed by atoms with Crippen molar-refractivity contribution in [2.45, 2.75) is 24.0 Å². The maximum atomic E-state index is 12.6. The molecule has 0 bridgehead atoms. The third-order valence-electron chi connectivity index (χ3n) is 4.11. The van der Waals surface area contributed by atoms with Crippen LogP contribution in [0.3, 0.4) is 0 Å². The van der Waals surface area contributed by atoms with Crippen LogP contribution in [0.2, 0.25) is 0 Å². The highest BCUT2D eigenvalue weighted by molar-refractivity contribution is 9.10. The lowest BCUT2D eigenvalue weighted by atomic mass is 10.00. The molecule has 3 unspecified atom stereocenters. The van der Waals surface area contributed by atoms with E-state index in [4.69, 9.17) is 0 Å². The molecule has 2 heterocycles. The highest BCUT2D eigenvalue weighted by Crippen LogP contribution is 2.40. The third-order valence-corrected chi connectivity index (χ3v) is 6.83. The Balaban J connectivity index is 1.91. The van der Waals surface area contributed by atoms with E-state index in [2.05, 4.69) is 26.2 Å². The number of sulfonamides is 1. The van der Waals surface area contributed by atoms with E-state index in [1.54, 1.807) is 7.05 Å². The van der Waals surface area contributed by atoms with Gasteiger partial charge in [0.2, 0.25) is 5.03 Å². The summed E-state index contributed by atoms with van der Waals surface area (Å²) in [6.45, 7) is 0.855. The monoisotopic (exact) mass is 350 g/mol. The van der Waals surface area contributed by atoms with Gasteiger partial charge in [0.25, 0.3) is 10.0 Å². The molecule has 2 fully saturated rings. The zero-order valence-electron chi connectivity index (χ0n) is 10.4. The van der Waals surface area contributed by atoms with Gasteiger partial charge in [-0.2, -0.15) is 4.31 Å². The van der Waals surface area contributed by atoms with E-state index in [9.17, 15) is 13.5 Å². The fourth-order valence-corrected chi connectivity index (χ4v) is 5.68. The predicted molar refractivity (Wildman–Crippen MR) is 69.7 cm³/mol. The van der Waals surface area contributed by atoms with Crippen molar-refractivity contribution in [1.29, 1.82) is 0 Å². The summed E-state index contributed by atoms with van der Waals surface area (Å²) in [5.41, 5.74) is 0. The van der Waals surface area contributed by atoms with Crippen LogP contribution in [0.5, 0.6) is 0 Å². The third kappa shape index (κ3) is 2.03. The van der Waals surface area contributed by atoms with Crippen LogP contribution in [-0.2, 0) is 17.1 Å². The molecule has 1 aliphatic heterocycles. The van der Waals surface area contributed by atoms with E-state index in [0.29, 0.717) is 13.1 Å². The lowest BCUT2D eigenvalue weighted by molar-refractivity contribution is 0.129. The number of nitrogens with zero attached hydrogens (tertiary/aromatic N) is 4. The van der Waals surface area contributed by atoms with Crippen LogP contribution >= 0.6 is 15.9 Å². The number of aliphatic hydroxyl groups is 1. The predicted octanol–water partition coefficient (Wildman–Crippen LogP) is -0.0310. The topological polar surface area (TPSA) is 88.3 Å². The Kier molecular flexibility index (Phi) is 3.19. The first kappa shape index (κ1) is 13.5. The van der Waals surface area contributed by atoms with Crippen LogP contribution in [0, 0.1) is 11.8 Å². The minimum Gasteiger partial charge on any atom is -0.393 e. The van der Waals surface area contributed by atoms with Gasteiger partial charge in [0.1, 0.15) is 0 Å². The highest BCUT2D eigenvalue weighted by Gasteiger charge is 2.46. The Morgan fingerprint density at radius 3 is 2.68 bits per heavy atom. The fraction of sp³-hybridized carbons (Fsp3) is 0.800. The van der Waals surface area contributed by atoms with Gasteiger partial charge in [0.15, 0.2) is 4.60 Å². The summed E-state index contributed by atoms with van der Waals surface area (Å²) in [5.74, 6) is 0.333. The molecule has 7 nitrogen and oxygen atoms in total. The molecule has 1 saturated heterocycles. The quantitative estimate of drug-likeness (QED) is 0.808.